The lowest BCUT2D eigenvalue weighted by atomic mass is 10.1. The van der Waals surface area contributed by atoms with Crippen LogP contribution in [0.4, 0.5) is 5.69 Å². The van der Waals surface area contributed by atoms with Crippen molar-refractivity contribution in [1.82, 2.24) is 0 Å². The number of benzene rings is 1. The van der Waals surface area contributed by atoms with Crippen molar-refractivity contribution in [2.45, 2.75) is 32.4 Å². The van der Waals surface area contributed by atoms with Crippen molar-refractivity contribution in [2.24, 2.45) is 0 Å². The van der Waals surface area contributed by atoms with Gasteiger partial charge >= 0.3 is 0 Å². The van der Waals surface area contributed by atoms with Crippen molar-refractivity contribution in [3.05, 3.63) is 28.2 Å². The largest absolute Gasteiger partial charge is 0.393 e. The van der Waals surface area contributed by atoms with E-state index >= 15 is 0 Å². The smallest absolute Gasteiger partial charge is 0.101 e. The summed E-state index contributed by atoms with van der Waals surface area (Å²) in [5, 5.41) is 21.4. The summed E-state index contributed by atoms with van der Waals surface area (Å²) in [6, 6.07) is 7.74. The second kappa shape index (κ2) is 5.88. The van der Waals surface area contributed by atoms with Gasteiger partial charge in [-0.3, -0.25) is 0 Å². The number of hydrogen-bond acceptors (Lipinski definition) is 3. The molecule has 1 rings (SSSR count). The zero-order valence-corrected chi connectivity index (χ0v) is 11.0. The average Bonchev–Trinajstić information content (AvgIpc) is 2.16. The van der Waals surface area contributed by atoms with E-state index in [4.69, 9.17) is 5.26 Å². The van der Waals surface area contributed by atoms with Gasteiger partial charge in [-0.25, -0.2) is 0 Å². The molecule has 1 aromatic carbocycles. The van der Waals surface area contributed by atoms with Gasteiger partial charge in [-0.05, 0) is 38.5 Å². The fraction of sp³-hybridized carbons (Fsp3) is 0.417. The van der Waals surface area contributed by atoms with Crippen LogP contribution in [0.1, 0.15) is 25.8 Å². The number of rotatable bonds is 4. The van der Waals surface area contributed by atoms with Crippen molar-refractivity contribution in [3.8, 4) is 6.07 Å². The summed E-state index contributed by atoms with van der Waals surface area (Å²) in [4.78, 5) is 0. The molecule has 0 aliphatic carbocycles. The molecule has 0 radical (unpaired) electrons. The van der Waals surface area contributed by atoms with Crippen LogP contribution in [-0.4, -0.2) is 17.3 Å². The number of nitriles is 1. The summed E-state index contributed by atoms with van der Waals surface area (Å²) in [5.41, 5.74) is 1.41. The van der Waals surface area contributed by atoms with E-state index in [9.17, 15) is 5.11 Å². The van der Waals surface area contributed by atoms with Crippen molar-refractivity contribution in [3.63, 3.8) is 0 Å². The van der Waals surface area contributed by atoms with Crippen molar-refractivity contribution >= 4 is 21.6 Å². The highest BCUT2D eigenvalue weighted by Crippen LogP contribution is 2.22. The van der Waals surface area contributed by atoms with Crippen LogP contribution in [0.5, 0.6) is 0 Å². The molecule has 3 nitrogen and oxygen atoms in total. The average molecular weight is 283 g/mol. The van der Waals surface area contributed by atoms with E-state index < -0.39 is 0 Å². The highest BCUT2D eigenvalue weighted by atomic mass is 79.9. The van der Waals surface area contributed by atoms with Crippen LogP contribution >= 0.6 is 15.9 Å². The molecule has 0 bridgehead atoms. The summed E-state index contributed by atoms with van der Waals surface area (Å²) in [6.07, 6.45) is 0.303. The van der Waals surface area contributed by atoms with Crippen LogP contribution in [0, 0.1) is 11.3 Å². The van der Waals surface area contributed by atoms with Crippen molar-refractivity contribution in [2.75, 3.05) is 5.32 Å². The number of halogens is 1. The Balaban J connectivity index is 2.80. The number of aliphatic hydroxyl groups is 1. The zero-order valence-electron chi connectivity index (χ0n) is 9.37. The highest BCUT2D eigenvalue weighted by molar-refractivity contribution is 9.10. The topological polar surface area (TPSA) is 56.0 Å². The minimum absolute atomic E-state index is 0.126. The maximum absolute atomic E-state index is 9.27. The van der Waals surface area contributed by atoms with Gasteiger partial charge in [0.2, 0.25) is 0 Å². The fourth-order valence-corrected chi connectivity index (χ4v) is 1.93. The summed E-state index contributed by atoms with van der Waals surface area (Å²) >= 11 is 3.37. The molecule has 0 heterocycles. The fourth-order valence-electron chi connectivity index (χ4n) is 1.57. The summed E-state index contributed by atoms with van der Waals surface area (Å²) in [7, 11) is 0. The molecule has 2 unspecified atom stereocenters. The maximum Gasteiger partial charge on any atom is 0.101 e. The third kappa shape index (κ3) is 3.84. The van der Waals surface area contributed by atoms with Crippen LogP contribution in [-0.2, 0) is 0 Å². The van der Waals surface area contributed by atoms with Crippen LogP contribution in [0.3, 0.4) is 0 Å². The molecule has 0 saturated heterocycles. The van der Waals surface area contributed by atoms with Gasteiger partial charge in [0.15, 0.2) is 0 Å². The molecule has 0 aliphatic rings. The van der Waals surface area contributed by atoms with Crippen LogP contribution < -0.4 is 5.32 Å². The van der Waals surface area contributed by atoms with E-state index in [0.717, 1.165) is 10.2 Å². The Kier molecular flexibility index (Phi) is 4.78. The Morgan fingerprint density at radius 1 is 1.50 bits per heavy atom. The number of anilines is 1. The van der Waals surface area contributed by atoms with E-state index in [1.54, 1.807) is 13.0 Å². The molecule has 1 aromatic rings. The Labute approximate surface area is 104 Å². The number of aliphatic hydroxyl groups excluding tert-OH is 1. The molecule has 2 atom stereocenters. The highest BCUT2D eigenvalue weighted by Gasteiger charge is 2.09. The molecule has 86 valence electrons. The monoisotopic (exact) mass is 282 g/mol. The maximum atomic E-state index is 9.27. The Bertz CT molecular complexity index is 398. The van der Waals surface area contributed by atoms with E-state index in [-0.39, 0.29) is 12.1 Å². The normalized spacial score (nSPS) is 13.9. The molecule has 16 heavy (non-hydrogen) atoms. The molecule has 0 fully saturated rings. The first-order valence-corrected chi connectivity index (χ1v) is 5.96. The Hall–Kier alpha value is -1.05. The van der Waals surface area contributed by atoms with Crippen molar-refractivity contribution in [1.29, 1.82) is 5.26 Å². The van der Waals surface area contributed by atoms with Crippen molar-refractivity contribution < 1.29 is 5.11 Å². The summed E-state index contributed by atoms with van der Waals surface area (Å²) < 4.78 is 0.929. The molecular formula is C12H15BrN2O. The first-order valence-electron chi connectivity index (χ1n) is 5.17. The Morgan fingerprint density at radius 3 is 2.75 bits per heavy atom. The first kappa shape index (κ1) is 13.0. The van der Waals surface area contributed by atoms with Gasteiger partial charge in [-0.2, -0.15) is 5.26 Å². The molecule has 0 aliphatic heterocycles. The molecule has 2 N–H and O–H groups in total. The predicted molar refractivity (Wildman–Crippen MR) is 68.2 cm³/mol. The van der Waals surface area contributed by atoms with E-state index in [2.05, 4.69) is 27.3 Å². The molecule has 4 heteroatoms. The van der Waals surface area contributed by atoms with Crippen LogP contribution in [0.2, 0.25) is 0 Å². The third-order valence-electron chi connectivity index (χ3n) is 2.20. The third-order valence-corrected chi connectivity index (χ3v) is 2.69. The minimum Gasteiger partial charge on any atom is -0.393 e. The lowest BCUT2D eigenvalue weighted by molar-refractivity contribution is 0.179. The summed E-state index contributed by atoms with van der Waals surface area (Å²) in [6.45, 7) is 3.74. The lowest BCUT2D eigenvalue weighted by Crippen LogP contribution is -2.21. The number of nitrogens with one attached hydrogen (secondary N) is 1. The van der Waals surface area contributed by atoms with Gasteiger partial charge in [-0.15, -0.1) is 0 Å². The quantitative estimate of drug-likeness (QED) is 0.893. The van der Waals surface area contributed by atoms with Gasteiger partial charge < -0.3 is 10.4 Å². The minimum atomic E-state index is -0.347. The first-order chi connectivity index (χ1) is 7.52. The lowest BCUT2D eigenvalue weighted by Gasteiger charge is -2.17. The van der Waals surface area contributed by atoms with Gasteiger partial charge in [0.1, 0.15) is 6.07 Å². The SMILES string of the molecule is CC(O)CC(C)Nc1cc(Br)ccc1C#N. The standard InChI is InChI=1S/C12H15BrN2O/c1-8(5-9(2)16)15-12-6-11(13)4-3-10(12)7-14/h3-4,6,8-9,15-16H,5H2,1-2H3. The van der Waals surface area contributed by atoms with Gasteiger partial charge in [-0.1, -0.05) is 15.9 Å². The molecule has 0 spiro atoms. The molecule has 0 saturated carbocycles. The van der Waals surface area contributed by atoms with Crippen LogP contribution in [0.15, 0.2) is 22.7 Å². The Morgan fingerprint density at radius 2 is 2.19 bits per heavy atom. The second-order valence-corrected chi connectivity index (χ2v) is 4.85. The number of hydrogen-bond donors (Lipinski definition) is 2. The van der Waals surface area contributed by atoms with E-state index in [1.807, 2.05) is 19.1 Å². The van der Waals surface area contributed by atoms with E-state index in [1.165, 1.54) is 0 Å². The van der Waals surface area contributed by atoms with E-state index in [0.29, 0.717) is 12.0 Å². The summed E-state index contributed by atoms with van der Waals surface area (Å²) in [5.74, 6) is 0. The predicted octanol–water partition coefficient (Wildman–Crippen LogP) is 2.89. The molecule has 0 amide bonds. The molecule has 0 aromatic heterocycles. The van der Waals surface area contributed by atoms with Gasteiger partial charge in [0.25, 0.3) is 0 Å². The van der Waals surface area contributed by atoms with Crippen LogP contribution in [0.25, 0.3) is 0 Å². The van der Waals surface area contributed by atoms with Gasteiger partial charge in [0, 0.05) is 10.5 Å². The second-order valence-electron chi connectivity index (χ2n) is 3.93. The zero-order chi connectivity index (χ0) is 12.1. The van der Waals surface area contributed by atoms with Gasteiger partial charge in [0.05, 0.1) is 17.4 Å². The molecular weight excluding hydrogens is 268 g/mol. The number of nitrogens with zero attached hydrogens (tertiary/aromatic N) is 1.